The molecule has 0 spiro atoms. The molecular formula is C11H20N2OS2. The highest BCUT2D eigenvalue weighted by Crippen LogP contribution is 2.13. The fraction of sp³-hybridized carbons (Fsp3) is 0.727. The van der Waals surface area contributed by atoms with Crippen LogP contribution in [0.4, 0.5) is 0 Å². The van der Waals surface area contributed by atoms with Gasteiger partial charge in [0.05, 0.1) is 17.3 Å². The van der Waals surface area contributed by atoms with Gasteiger partial charge in [-0.2, -0.15) is 11.8 Å². The van der Waals surface area contributed by atoms with Crippen LogP contribution in [-0.4, -0.2) is 34.2 Å². The first-order chi connectivity index (χ1) is 7.71. The molecule has 0 aliphatic carbocycles. The van der Waals surface area contributed by atoms with Crippen LogP contribution in [0, 0.1) is 0 Å². The topological polar surface area (TPSA) is 45.2 Å². The second-order valence-electron chi connectivity index (χ2n) is 3.71. The lowest BCUT2D eigenvalue weighted by molar-refractivity contribution is 0.275. The van der Waals surface area contributed by atoms with Crippen molar-refractivity contribution in [1.29, 1.82) is 0 Å². The van der Waals surface area contributed by atoms with Crippen molar-refractivity contribution >= 4 is 23.1 Å². The van der Waals surface area contributed by atoms with Gasteiger partial charge in [-0.25, -0.2) is 4.98 Å². The molecule has 1 heterocycles. The smallest absolute Gasteiger partial charge is 0.0926 e. The molecule has 0 amide bonds. The number of hydrogen-bond donors (Lipinski definition) is 2. The molecule has 2 N–H and O–H groups in total. The van der Waals surface area contributed by atoms with Crippen molar-refractivity contribution < 1.29 is 5.11 Å². The molecule has 0 fully saturated rings. The second-order valence-corrected chi connectivity index (χ2v) is 5.73. The zero-order chi connectivity index (χ0) is 12.0. The van der Waals surface area contributed by atoms with Crippen LogP contribution in [0.2, 0.25) is 0 Å². The van der Waals surface area contributed by atoms with E-state index < -0.39 is 0 Å². The maximum Gasteiger partial charge on any atom is 0.0926 e. The summed E-state index contributed by atoms with van der Waals surface area (Å²) in [6, 6.07) is 0.298. The molecule has 1 aromatic rings. The summed E-state index contributed by atoms with van der Waals surface area (Å²) in [5.74, 6) is 0. The van der Waals surface area contributed by atoms with E-state index in [0.717, 1.165) is 18.7 Å². The number of nitrogens with zero attached hydrogens (tertiary/aromatic N) is 1. The summed E-state index contributed by atoms with van der Waals surface area (Å²) in [5, 5.41) is 16.1. The fourth-order valence-corrected chi connectivity index (χ4v) is 2.82. The number of thioether (sulfide) groups is 1. The normalized spacial score (nSPS) is 15.0. The van der Waals surface area contributed by atoms with Crippen molar-refractivity contribution in [1.82, 2.24) is 10.3 Å². The van der Waals surface area contributed by atoms with E-state index in [9.17, 15) is 0 Å². The Balaban J connectivity index is 2.38. The Bertz CT molecular complexity index is 300. The molecule has 2 unspecified atom stereocenters. The number of hydrogen-bond acceptors (Lipinski definition) is 5. The minimum Gasteiger partial charge on any atom is -0.395 e. The van der Waals surface area contributed by atoms with Crippen LogP contribution >= 0.6 is 23.1 Å². The van der Waals surface area contributed by atoms with E-state index in [0.29, 0.717) is 6.04 Å². The van der Waals surface area contributed by atoms with E-state index in [-0.39, 0.29) is 11.9 Å². The number of aromatic nitrogens is 1. The Kier molecular flexibility index (Phi) is 6.34. The molecule has 0 aliphatic heterocycles. The molecule has 0 aromatic carbocycles. The molecule has 5 heteroatoms. The largest absolute Gasteiger partial charge is 0.395 e. The second kappa shape index (κ2) is 7.27. The fourth-order valence-electron chi connectivity index (χ4n) is 1.43. The number of nitrogens with one attached hydrogen (secondary N) is 1. The minimum absolute atomic E-state index is 0.215. The monoisotopic (exact) mass is 260 g/mol. The lowest BCUT2D eigenvalue weighted by atomic mass is 10.2. The summed E-state index contributed by atoms with van der Waals surface area (Å²) < 4.78 is 0. The van der Waals surface area contributed by atoms with Crippen LogP contribution in [0.25, 0.3) is 0 Å². The SMILES string of the molecule is CCc1nc(CNC(C)C(CO)SC)cs1. The van der Waals surface area contributed by atoms with E-state index in [4.69, 9.17) is 5.11 Å². The van der Waals surface area contributed by atoms with Gasteiger partial charge >= 0.3 is 0 Å². The molecule has 0 radical (unpaired) electrons. The molecule has 16 heavy (non-hydrogen) atoms. The number of aryl methyl sites for hydroxylation is 1. The molecule has 0 saturated heterocycles. The average Bonchev–Trinajstić information content (AvgIpc) is 2.76. The summed E-state index contributed by atoms with van der Waals surface area (Å²) in [7, 11) is 0. The zero-order valence-corrected chi connectivity index (χ0v) is 11.7. The highest BCUT2D eigenvalue weighted by molar-refractivity contribution is 7.99. The summed E-state index contributed by atoms with van der Waals surface area (Å²) in [6.07, 6.45) is 3.03. The molecule has 0 aliphatic rings. The van der Waals surface area contributed by atoms with Crippen molar-refractivity contribution in [3.05, 3.63) is 16.1 Å². The summed E-state index contributed by atoms with van der Waals surface area (Å²) in [4.78, 5) is 4.50. The highest BCUT2D eigenvalue weighted by atomic mass is 32.2. The third kappa shape index (κ3) is 4.05. The van der Waals surface area contributed by atoms with Gasteiger partial charge in [0.1, 0.15) is 0 Å². The van der Waals surface area contributed by atoms with Gasteiger partial charge in [-0.15, -0.1) is 11.3 Å². The first-order valence-corrected chi connectivity index (χ1v) is 7.68. The number of rotatable bonds is 7. The van der Waals surface area contributed by atoms with Gasteiger partial charge in [0.15, 0.2) is 0 Å². The summed E-state index contributed by atoms with van der Waals surface area (Å²) >= 11 is 3.41. The van der Waals surface area contributed by atoms with Crippen molar-refractivity contribution in [3.63, 3.8) is 0 Å². The van der Waals surface area contributed by atoms with Gasteiger partial charge in [0.25, 0.3) is 0 Å². The summed E-state index contributed by atoms with van der Waals surface area (Å²) in [6.45, 7) is 5.22. The van der Waals surface area contributed by atoms with Gasteiger partial charge in [-0.3, -0.25) is 0 Å². The van der Waals surface area contributed by atoms with Crippen LogP contribution in [0.15, 0.2) is 5.38 Å². The third-order valence-electron chi connectivity index (χ3n) is 2.55. The summed E-state index contributed by atoms with van der Waals surface area (Å²) in [5.41, 5.74) is 1.10. The van der Waals surface area contributed by atoms with Gasteiger partial charge in [0, 0.05) is 23.2 Å². The Labute approximate surface area is 106 Å². The average molecular weight is 260 g/mol. The van der Waals surface area contributed by atoms with E-state index >= 15 is 0 Å². The van der Waals surface area contributed by atoms with Gasteiger partial charge in [-0.1, -0.05) is 6.92 Å². The van der Waals surface area contributed by atoms with Crippen LogP contribution in [0.3, 0.4) is 0 Å². The molecule has 0 saturated carbocycles. The van der Waals surface area contributed by atoms with Crippen LogP contribution in [0.5, 0.6) is 0 Å². The quantitative estimate of drug-likeness (QED) is 0.786. The molecule has 0 bridgehead atoms. The maximum absolute atomic E-state index is 9.16. The van der Waals surface area contributed by atoms with Crippen molar-refractivity contribution in [2.24, 2.45) is 0 Å². The van der Waals surface area contributed by atoms with Gasteiger partial charge < -0.3 is 10.4 Å². The molecular weight excluding hydrogens is 240 g/mol. The zero-order valence-electron chi connectivity index (χ0n) is 10.1. The Morgan fingerprint density at radius 2 is 2.38 bits per heavy atom. The maximum atomic E-state index is 9.16. The Morgan fingerprint density at radius 3 is 2.88 bits per heavy atom. The van der Waals surface area contributed by atoms with E-state index in [1.165, 1.54) is 5.01 Å². The van der Waals surface area contributed by atoms with E-state index in [2.05, 4.69) is 29.5 Å². The number of aliphatic hydroxyl groups excluding tert-OH is 1. The van der Waals surface area contributed by atoms with Crippen LogP contribution in [-0.2, 0) is 13.0 Å². The molecule has 1 aromatic heterocycles. The third-order valence-corrected chi connectivity index (χ3v) is 4.75. The first-order valence-electron chi connectivity index (χ1n) is 5.51. The lowest BCUT2D eigenvalue weighted by Gasteiger charge is -2.20. The van der Waals surface area contributed by atoms with Crippen LogP contribution < -0.4 is 5.32 Å². The highest BCUT2D eigenvalue weighted by Gasteiger charge is 2.14. The predicted octanol–water partition coefficient (Wildman–Crippen LogP) is 1.91. The van der Waals surface area contributed by atoms with Crippen molar-refractivity contribution in [2.45, 2.75) is 38.1 Å². The lowest BCUT2D eigenvalue weighted by Crippen LogP contribution is -2.37. The van der Waals surface area contributed by atoms with Gasteiger partial charge in [-0.05, 0) is 19.6 Å². The Hall–Kier alpha value is -0.100. The predicted molar refractivity (Wildman–Crippen MR) is 72.2 cm³/mol. The van der Waals surface area contributed by atoms with Gasteiger partial charge in [0.2, 0.25) is 0 Å². The number of thiazole rings is 1. The Morgan fingerprint density at radius 1 is 1.62 bits per heavy atom. The first kappa shape index (κ1) is 14.0. The standard InChI is InChI=1S/C11H20N2OS2/c1-4-11-13-9(7-16-11)5-12-8(2)10(6-14)15-3/h7-8,10,12,14H,4-6H2,1-3H3. The van der Waals surface area contributed by atoms with E-state index in [1.807, 2.05) is 6.26 Å². The molecule has 2 atom stereocenters. The number of aliphatic hydroxyl groups is 1. The minimum atomic E-state index is 0.215. The molecule has 3 nitrogen and oxygen atoms in total. The van der Waals surface area contributed by atoms with Crippen molar-refractivity contribution in [3.8, 4) is 0 Å². The molecule has 92 valence electrons. The van der Waals surface area contributed by atoms with Crippen LogP contribution in [0.1, 0.15) is 24.5 Å². The van der Waals surface area contributed by atoms with E-state index in [1.54, 1.807) is 23.1 Å². The van der Waals surface area contributed by atoms with Crippen molar-refractivity contribution in [2.75, 3.05) is 12.9 Å². The molecule has 1 rings (SSSR count).